The van der Waals surface area contributed by atoms with Crippen LogP contribution in [0.15, 0.2) is 12.3 Å². The van der Waals surface area contributed by atoms with Crippen molar-refractivity contribution in [3.05, 3.63) is 34.9 Å². The summed E-state index contributed by atoms with van der Waals surface area (Å²) in [5, 5.41) is 30.3. The van der Waals surface area contributed by atoms with E-state index in [4.69, 9.17) is 14.6 Å². The molecule has 2 atom stereocenters. The fraction of sp³-hybridized carbons (Fsp3) is 0.483. The second-order valence-electron chi connectivity index (χ2n) is 10.9. The summed E-state index contributed by atoms with van der Waals surface area (Å²) in [7, 11) is 3.34. The minimum Gasteiger partial charge on any atom is -0.473 e. The Morgan fingerprint density at radius 3 is 2.76 bits per heavy atom. The fourth-order valence-electron chi connectivity index (χ4n) is 5.17. The van der Waals surface area contributed by atoms with Crippen molar-refractivity contribution in [2.24, 2.45) is 7.05 Å². The zero-order valence-electron chi connectivity index (χ0n) is 25.2. The molecule has 13 nitrogen and oxygen atoms in total. The predicted octanol–water partition coefficient (Wildman–Crippen LogP) is 3.03. The van der Waals surface area contributed by atoms with E-state index >= 15 is 0 Å². The number of aliphatic hydroxyl groups excluding tert-OH is 1. The summed E-state index contributed by atoms with van der Waals surface area (Å²) in [5.41, 5.74) is 4.50. The van der Waals surface area contributed by atoms with E-state index in [9.17, 15) is 9.90 Å². The maximum absolute atomic E-state index is 12.9. The smallest absolute Gasteiger partial charge is 0.272 e. The van der Waals surface area contributed by atoms with Crippen LogP contribution in [0.25, 0.3) is 34.3 Å². The molecule has 0 saturated carbocycles. The lowest BCUT2D eigenvalue weighted by Gasteiger charge is -2.26. The third kappa shape index (κ3) is 5.49. The first-order chi connectivity index (χ1) is 20.1. The summed E-state index contributed by atoms with van der Waals surface area (Å²) >= 11 is 0. The lowest BCUT2D eigenvalue weighted by molar-refractivity contribution is 0.0958. The average molecular weight is 578 g/mol. The minimum absolute atomic E-state index is 0.0683. The van der Waals surface area contributed by atoms with E-state index in [1.165, 1.54) is 0 Å². The van der Waals surface area contributed by atoms with Crippen LogP contribution in [0.5, 0.6) is 11.8 Å². The van der Waals surface area contributed by atoms with Gasteiger partial charge >= 0.3 is 0 Å². The zero-order chi connectivity index (χ0) is 30.1. The number of aromatic amines is 1. The Morgan fingerprint density at radius 2 is 2.07 bits per heavy atom. The van der Waals surface area contributed by atoms with Gasteiger partial charge in [-0.3, -0.25) is 19.5 Å². The highest BCUT2D eigenvalue weighted by Crippen LogP contribution is 2.36. The first-order valence-electron chi connectivity index (χ1n) is 14.2. The number of likely N-dealkylation sites (N-methyl/N-ethyl adjacent to an activating group) is 1. The number of amides is 1. The first kappa shape index (κ1) is 29.3. The summed E-state index contributed by atoms with van der Waals surface area (Å²) in [4.78, 5) is 19.7. The molecular weight excluding hydrogens is 538 g/mol. The molecule has 1 aliphatic rings. The van der Waals surface area contributed by atoms with Gasteiger partial charge in [0.2, 0.25) is 11.8 Å². The highest BCUT2D eigenvalue weighted by Gasteiger charge is 2.28. The topological polar surface area (TPSA) is 148 Å². The van der Waals surface area contributed by atoms with Crippen LogP contribution in [-0.2, 0) is 13.6 Å². The molecule has 224 valence electrons. The number of hydrogen-bond donors (Lipinski definition) is 3. The van der Waals surface area contributed by atoms with E-state index in [1.54, 1.807) is 25.0 Å². The number of carbonyl (C=O) groups excluding carboxylic acids is 1. The Balaban J connectivity index is 1.75. The van der Waals surface area contributed by atoms with Gasteiger partial charge in [0.25, 0.3) is 5.91 Å². The van der Waals surface area contributed by atoms with E-state index in [-0.39, 0.29) is 36.5 Å². The molecule has 2 bridgehead atoms. The highest BCUT2D eigenvalue weighted by atomic mass is 16.5. The van der Waals surface area contributed by atoms with Crippen molar-refractivity contribution in [1.82, 2.24) is 45.0 Å². The van der Waals surface area contributed by atoms with Gasteiger partial charge in [0.15, 0.2) is 11.3 Å². The SMILES string of the molecule is CCN1Cc2c(c(OC(C)C)nn2[C@@H](C)CO)/C=C/c2[nH]nc3ncc(cc23)-c2c(C(=O)NC)nn(C)c2O[C@@H](C)C1. The van der Waals surface area contributed by atoms with Crippen molar-refractivity contribution in [2.45, 2.75) is 59.4 Å². The number of rotatable bonds is 6. The second kappa shape index (κ2) is 11.9. The summed E-state index contributed by atoms with van der Waals surface area (Å²) in [6, 6.07) is 1.68. The van der Waals surface area contributed by atoms with Crippen molar-refractivity contribution >= 4 is 29.1 Å². The third-order valence-electron chi connectivity index (χ3n) is 7.28. The molecule has 0 aromatic carbocycles. The van der Waals surface area contributed by atoms with Crippen molar-refractivity contribution in [3.8, 4) is 22.9 Å². The Hall–Kier alpha value is -4.23. The normalized spacial score (nSPS) is 17.3. The minimum atomic E-state index is -0.320. The van der Waals surface area contributed by atoms with Gasteiger partial charge < -0.3 is 19.9 Å². The number of aliphatic hydroxyl groups is 1. The number of carbonyl (C=O) groups is 1. The second-order valence-corrected chi connectivity index (χ2v) is 10.9. The molecule has 1 amide bonds. The molecule has 5 heterocycles. The molecule has 0 fully saturated rings. The number of fused-ring (bicyclic) bond motifs is 4. The average Bonchev–Trinajstić information content (AvgIpc) is 3.63. The van der Waals surface area contributed by atoms with E-state index in [2.05, 4.69) is 37.4 Å². The molecule has 0 unspecified atom stereocenters. The highest BCUT2D eigenvalue weighted by molar-refractivity contribution is 6.01. The Labute approximate surface area is 244 Å². The number of pyridine rings is 1. The quantitative estimate of drug-likeness (QED) is 0.314. The van der Waals surface area contributed by atoms with Crippen molar-refractivity contribution < 1.29 is 19.4 Å². The monoisotopic (exact) mass is 577 g/mol. The first-order valence-corrected chi connectivity index (χ1v) is 14.2. The van der Waals surface area contributed by atoms with Crippen LogP contribution < -0.4 is 14.8 Å². The van der Waals surface area contributed by atoms with Gasteiger partial charge in [-0.25, -0.2) is 9.67 Å². The number of aryl methyl sites for hydroxylation is 1. The van der Waals surface area contributed by atoms with E-state index in [0.717, 1.165) is 28.9 Å². The molecular formula is C29H39N9O4. The summed E-state index contributed by atoms with van der Waals surface area (Å²) in [5.74, 6) is 0.651. The lowest BCUT2D eigenvalue weighted by atomic mass is 10.1. The summed E-state index contributed by atoms with van der Waals surface area (Å²) < 4.78 is 16.1. The van der Waals surface area contributed by atoms with Gasteiger partial charge in [-0.2, -0.15) is 10.2 Å². The van der Waals surface area contributed by atoms with Gasteiger partial charge in [0.1, 0.15) is 6.10 Å². The number of nitrogens with zero attached hydrogens (tertiary/aromatic N) is 7. The molecule has 1 aliphatic heterocycles. The molecule has 3 N–H and O–H groups in total. The van der Waals surface area contributed by atoms with Crippen LogP contribution >= 0.6 is 0 Å². The fourth-order valence-corrected chi connectivity index (χ4v) is 5.17. The largest absolute Gasteiger partial charge is 0.473 e. The van der Waals surface area contributed by atoms with Gasteiger partial charge in [-0.05, 0) is 52.5 Å². The van der Waals surface area contributed by atoms with Crippen LogP contribution in [-0.4, -0.2) is 89.6 Å². The summed E-state index contributed by atoms with van der Waals surface area (Å²) in [6.45, 7) is 11.7. The van der Waals surface area contributed by atoms with Crippen molar-refractivity contribution in [2.75, 3.05) is 26.7 Å². The van der Waals surface area contributed by atoms with E-state index < -0.39 is 0 Å². The molecule has 0 aliphatic carbocycles. The molecule has 4 aromatic rings. The molecule has 0 radical (unpaired) electrons. The van der Waals surface area contributed by atoms with Crippen molar-refractivity contribution in [1.29, 1.82) is 0 Å². The van der Waals surface area contributed by atoms with Crippen molar-refractivity contribution in [3.63, 3.8) is 0 Å². The van der Waals surface area contributed by atoms with Crippen LogP contribution in [0.4, 0.5) is 0 Å². The van der Waals surface area contributed by atoms with Crippen LogP contribution in [0.1, 0.15) is 68.1 Å². The third-order valence-corrected chi connectivity index (χ3v) is 7.28. The van der Waals surface area contributed by atoms with Crippen LogP contribution in [0, 0.1) is 0 Å². The number of nitrogens with one attached hydrogen (secondary N) is 2. The predicted molar refractivity (Wildman–Crippen MR) is 159 cm³/mol. The number of H-pyrrole nitrogens is 1. The Kier molecular flexibility index (Phi) is 8.32. The molecule has 42 heavy (non-hydrogen) atoms. The maximum atomic E-state index is 12.9. The van der Waals surface area contributed by atoms with Gasteiger partial charge in [0, 0.05) is 44.3 Å². The zero-order valence-corrected chi connectivity index (χ0v) is 25.2. The van der Waals surface area contributed by atoms with Crippen LogP contribution in [0.3, 0.4) is 0 Å². The number of ether oxygens (including phenoxy) is 2. The molecule has 4 aromatic heterocycles. The number of hydrogen-bond acceptors (Lipinski definition) is 9. The van der Waals surface area contributed by atoms with Gasteiger partial charge in [-0.1, -0.05) is 6.92 Å². The molecule has 5 rings (SSSR count). The molecule has 13 heteroatoms. The van der Waals surface area contributed by atoms with Crippen LogP contribution in [0.2, 0.25) is 0 Å². The maximum Gasteiger partial charge on any atom is 0.272 e. The van der Waals surface area contributed by atoms with Gasteiger partial charge in [-0.15, -0.1) is 5.10 Å². The lowest BCUT2D eigenvalue weighted by Crippen LogP contribution is -2.35. The molecule has 0 saturated heterocycles. The standard InChI is InChI=1S/C29H39N9O4/c1-8-37-13-18(5)42-29-24(25(27(40)30-6)34-36(29)7)19-11-21-22(32-33-26(21)31-12-19)10-9-20-23(14-37)38(17(4)15-39)35-28(20)41-16(2)3/h9-12,16-18,39H,8,13-15H2,1-7H3,(H,30,40)(H,31,32,33)/b10-9+/t17-,18-/m0/s1. The summed E-state index contributed by atoms with van der Waals surface area (Å²) in [6.07, 6.45) is 5.23. The number of aromatic nitrogens is 7. The van der Waals surface area contributed by atoms with E-state index in [1.807, 2.05) is 50.6 Å². The Bertz CT molecular complexity index is 1620. The van der Waals surface area contributed by atoms with Gasteiger partial charge in [0.05, 0.1) is 41.3 Å². The molecule has 0 spiro atoms. The Morgan fingerprint density at radius 1 is 1.29 bits per heavy atom. The van der Waals surface area contributed by atoms with E-state index in [0.29, 0.717) is 41.6 Å².